The molecule has 3 atom stereocenters. The number of nitrogens with zero attached hydrogens (tertiary/aromatic N) is 2. The zero-order chi connectivity index (χ0) is 26.9. The summed E-state index contributed by atoms with van der Waals surface area (Å²) in [4.78, 5) is 23.2. The van der Waals surface area contributed by atoms with Crippen LogP contribution in [0.1, 0.15) is 49.0 Å². The highest BCUT2D eigenvalue weighted by Gasteiger charge is 2.36. The number of halogens is 1. The van der Waals surface area contributed by atoms with Gasteiger partial charge in [0.25, 0.3) is 0 Å². The second kappa shape index (κ2) is 10.6. The second-order valence-electron chi connectivity index (χ2n) is 9.92. The van der Waals surface area contributed by atoms with Crippen molar-refractivity contribution in [2.75, 3.05) is 17.7 Å². The molecule has 38 heavy (non-hydrogen) atoms. The largest absolute Gasteiger partial charge is 0.439 e. The number of nitrogens with one attached hydrogen (secondary N) is 3. The van der Waals surface area contributed by atoms with Gasteiger partial charge in [0, 0.05) is 42.2 Å². The molecule has 9 nitrogen and oxygen atoms in total. The number of aliphatic hydroxyl groups excluding tert-OH is 1. The number of aliphatic hydroxyl groups is 1. The number of aromatic nitrogens is 3. The number of hydrogen-bond donors (Lipinski definition) is 4. The topological polar surface area (TPSA) is 121 Å². The first-order valence-corrected chi connectivity index (χ1v) is 12.8. The fourth-order valence-electron chi connectivity index (χ4n) is 5.09. The quantitative estimate of drug-likeness (QED) is 0.202. The molecule has 5 rings (SSSR count). The number of H-pyrrole nitrogens is 1. The molecule has 3 aromatic heterocycles. The van der Waals surface area contributed by atoms with E-state index in [9.17, 15) is 9.90 Å². The molecule has 10 heteroatoms. The Morgan fingerprint density at radius 3 is 2.82 bits per heavy atom. The maximum Gasteiger partial charge on any atom is 0.219 e. The van der Waals surface area contributed by atoms with E-state index in [1.165, 1.54) is 0 Å². The lowest BCUT2D eigenvalue weighted by Crippen LogP contribution is -2.33. The molecule has 0 spiro atoms. The van der Waals surface area contributed by atoms with E-state index in [0.717, 1.165) is 24.8 Å². The van der Waals surface area contributed by atoms with Gasteiger partial charge in [-0.1, -0.05) is 17.7 Å². The summed E-state index contributed by atoms with van der Waals surface area (Å²) in [5.41, 5.74) is 3.60. The summed E-state index contributed by atoms with van der Waals surface area (Å²) in [6, 6.07) is 8.84. The number of benzene rings is 1. The van der Waals surface area contributed by atoms with Gasteiger partial charge in [-0.2, -0.15) is 0 Å². The summed E-state index contributed by atoms with van der Waals surface area (Å²) in [5.74, 6) is 0.963. The minimum absolute atomic E-state index is 0.151. The number of fused-ring (bicyclic) bond motifs is 1. The molecule has 0 radical (unpaired) electrons. The Morgan fingerprint density at radius 1 is 1.26 bits per heavy atom. The van der Waals surface area contributed by atoms with E-state index >= 15 is 0 Å². The molecule has 3 heterocycles. The van der Waals surface area contributed by atoms with Crippen molar-refractivity contribution < 1.29 is 19.4 Å². The molecule has 198 valence electrons. The molecule has 1 aromatic carbocycles. The van der Waals surface area contributed by atoms with Crippen LogP contribution in [0, 0.1) is 6.92 Å². The lowest BCUT2D eigenvalue weighted by Gasteiger charge is -2.29. The summed E-state index contributed by atoms with van der Waals surface area (Å²) in [5, 5.41) is 18.9. The Kier molecular flexibility index (Phi) is 7.25. The van der Waals surface area contributed by atoms with Crippen LogP contribution in [0.3, 0.4) is 0 Å². The van der Waals surface area contributed by atoms with Crippen molar-refractivity contribution in [2.24, 2.45) is 0 Å². The highest BCUT2D eigenvalue weighted by Crippen LogP contribution is 2.43. The molecule has 4 aromatic rings. The minimum Gasteiger partial charge on any atom is -0.439 e. The monoisotopic (exact) mass is 535 g/mol. The third-order valence-electron chi connectivity index (χ3n) is 7.08. The van der Waals surface area contributed by atoms with Gasteiger partial charge in [0.2, 0.25) is 12.3 Å². The Hall–Kier alpha value is -3.66. The smallest absolute Gasteiger partial charge is 0.219 e. The first kappa shape index (κ1) is 26.0. The number of aryl methyl sites for hydroxylation is 1. The number of rotatable bonds is 9. The van der Waals surface area contributed by atoms with Gasteiger partial charge in [0.15, 0.2) is 0 Å². The van der Waals surface area contributed by atoms with Crippen molar-refractivity contribution in [3.05, 3.63) is 70.6 Å². The van der Waals surface area contributed by atoms with Crippen molar-refractivity contribution in [1.82, 2.24) is 15.0 Å². The number of aromatic amines is 1. The zero-order valence-electron chi connectivity index (χ0n) is 21.4. The van der Waals surface area contributed by atoms with E-state index in [2.05, 4.69) is 32.5 Å². The third-order valence-corrected chi connectivity index (χ3v) is 7.40. The average molecular weight is 536 g/mol. The van der Waals surface area contributed by atoms with E-state index < -0.39 is 6.10 Å². The molecule has 4 N–H and O–H groups in total. The van der Waals surface area contributed by atoms with E-state index in [4.69, 9.17) is 21.1 Å². The maximum absolute atomic E-state index is 11.5. The highest BCUT2D eigenvalue weighted by molar-refractivity contribution is 6.31. The predicted octanol–water partition coefficient (Wildman–Crippen LogP) is 5.73. The van der Waals surface area contributed by atoms with Gasteiger partial charge in [-0.05, 0) is 56.9 Å². The molecular weight excluding hydrogens is 506 g/mol. The number of methoxy groups -OCH3 is 1. The fourth-order valence-corrected chi connectivity index (χ4v) is 5.36. The SMILES string of the molecule is COC1CCC(C)(Nc2c(NC=O)cnc3[nH]cc(C(O)c4ccc(Oc5cc(C)ccn5)cc4Cl)c23)C1. The van der Waals surface area contributed by atoms with Crippen LogP contribution in [-0.4, -0.2) is 45.2 Å². The van der Waals surface area contributed by atoms with Crippen LogP contribution in [0.2, 0.25) is 5.02 Å². The van der Waals surface area contributed by atoms with Crippen molar-refractivity contribution in [3.8, 4) is 11.6 Å². The highest BCUT2D eigenvalue weighted by atomic mass is 35.5. The van der Waals surface area contributed by atoms with Crippen LogP contribution < -0.4 is 15.4 Å². The van der Waals surface area contributed by atoms with Crippen LogP contribution in [0.4, 0.5) is 11.4 Å². The molecule has 0 bridgehead atoms. The summed E-state index contributed by atoms with van der Waals surface area (Å²) in [6.45, 7) is 4.09. The Morgan fingerprint density at radius 2 is 2.11 bits per heavy atom. The van der Waals surface area contributed by atoms with Gasteiger partial charge in [-0.25, -0.2) is 9.97 Å². The summed E-state index contributed by atoms with van der Waals surface area (Å²) >= 11 is 6.63. The Labute approximate surface area is 225 Å². The van der Waals surface area contributed by atoms with Gasteiger partial charge < -0.3 is 30.2 Å². The van der Waals surface area contributed by atoms with E-state index in [-0.39, 0.29) is 11.6 Å². The van der Waals surface area contributed by atoms with Crippen molar-refractivity contribution in [3.63, 3.8) is 0 Å². The average Bonchev–Trinajstić information content (AvgIpc) is 3.49. The molecule has 1 aliphatic carbocycles. The lowest BCUT2D eigenvalue weighted by molar-refractivity contribution is -0.105. The molecule has 0 saturated heterocycles. The van der Waals surface area contributed by atoms with Crippen molar-refractivity contribution >= 4 is 40.4 Å². The zero-order valence-corrected chi connectivity index (χ0v) is 22.2. The fraction of sp³-hybridized carbons (Fsp3) is 0.321. The summed E-state index contributed by atoms with van der Waals surface area (Å²) in [7, 11) is 1.72. The van der Waals surface area contributed by atoms with Gasteiger partial charge in [-0.15, -0.1) is 0 Å². The van der Waals surface area contributed by atoms with E-state index in [1.807, 2.05) is 19.1 Å². The predicted molar refractivity (Wildman–Crippen MR) is 147 cm³/mol. The third kappa shape index (κ3) is 5.18. The summed E-state index contributed by atoms with van der Waals surface area (Å²) in [6.07, 6.45) is 7.30. The molecule has 1 saturated carbocycles. The first-order valence-electron chi connectivity index (χ1n) is 12.4. The number of hydrogen-bond acceptors (Lipinski definition) is 7. The van der Waals surface area contributed by atoms with Gasteiger partial charge in [0.1, 0.15) is 17.5 Å². The summed E-state index contributed by atoms with van der Waals surface area (Å²) < 4.78 is 11.4. The number of carbonyl (C=O) groups is 1. The number of carbonyl (C=O) groups excluding carboxylic acids is 1. The minimum atomic E-state index is -1.07. The van der Waals surface area contributed by atoms with Gasteiger partial charge >= 0.3 is 0 Å². The van der Waals surface area contributed by atoms with E-state index in [1.54, 1.807) is 43.9 Å². The number of anilines is 2. The normalized spacial score (nSPS) is 19.9. The maximum atomic E-state index is 11.5. The molecular formula is C28H30ClN5O4. The lowest BCUT2D eigenvalue weighted by atomic mass is 9.97. The van der Waals surface area contributed by atoms with E-state index in [0.29, 0.717) is 56.6 Å². The number of ether oxygens (including phenoxy) is 2. The Balaban J connectivity index is 1.50. The van der Waals surface area contributed by atoms with Gasteiger partial charge in [-0.3, -0.25) is 4.79 Å². The van der Waals surface area contributed by atoms with Crippen LogP contribution in [0.15, 0.2) is 48.9 Å². The molecule has 1 fully saturated rings. The number of amides is 1. The van der Waals surface area contributed by atoms with Crippen molar-refractivity contribution in [2.45, 2.75) is 50.9 Å². The molecule has 1 aliphatic rings. The van der Waals surface area contributed by atoms with Crippen LogP contribution in [0.5, 0.6) is 11.6 Å². The molecule has 1 amide bonds. The number of pyridine rings is 2. The van der Waals surface area contributed by atoms with Crippen molar-refractivity contribution in [1.29, 1.82) is 0 Å². The standard InChI is InChI=1S/C28H30ClN5O4/c1-16-7-9-30-23(10-16)38-17-4-5-19(21(29)11-17)26(36)20-13-31-27-24(20)25(22(14-32-27)33-15-35)34-28(2)8-6-18(12-28)37-3/h4-5,7,9-11,13-15,18,26,36H,6,8,12H2,1-3H3,(H,33,35)(H2,31,32,34). The second-order valence-corrected chi connectivity index (χ2v) is 10.3. The van der Waals surface area contributed by atoms with Crippen LogP contribution in [-0.2, 0) is 9.53 Å². The Bertz CT molecular complexity index is 1480. The molecule has 0 aliphatic heterocycles. The van der Waals surface area contributed by atoms with Crippen LogP contribution >= 0.6 is 11.6 Å². The first-order chi connectivity index (χ1) is 18.3. The van der Waals surface area contributed by atoms with Crippen LogP contribution in [0.25, 0.3) is 11.0 Å². The molecule has 3 unspecified atom stereocenters. The van der Waals surface area contributed by atoms with Gasteiger partial charge in [0.05, 0.1) is 34.1 Å².